The van der Waals surface area contributed by atoms with Gasteiger partial charge < -0.3 is 24.6 Å². The highest BCUT2D eigenvalue weighted by Crippen LogP contribution is 2.33. The molecule has 0 bridgehead atoms. The summed E-state index contributed by atoms with van der Waals surface area (Å²) >= 11 is 0. The van der Waals surface area contributed by atoms with E-state index in [9.17, 15) is 23.5 Å². The first-order chi connectivity index (χ1) is 17.5. The highest BCUT2D eigenvalue weighted by atomic mass is 19.3. The molecule has 11 heteroatoms. The third-order valence-corrected chi connectivity index (χ3v) is 6.32. The molecule has 1 saturated heterocycles. The number of alkyl halides is 2. The lowest BCUT2D eigenvalue weighted by Crippen LogP contribution is -2.28. The minimum absolute atomic E-state index is 0.0936. The summed E-state index contributed by atoms with van der Waals surface area (Å²) in [7, 11) is 0. The maximum absolute atomic E-state index is 16.0. The molecule has 1 aliphatic rings. The molecule has 0 radical (unpaired) electrons. The van der Waals surface area contributed by atoms with Crippen molar-refractivity contribution in [3.05, 3.63) is 69.5 Å². The lowest BCUT2D eigenvalue weighted by molar-refractivity contribution is -0.158. The topological polar surface area (TPSA) is 83.8 Å². The average molecular weight is 522 g/mol. The van der Waals surface area contributed by atoms with E-state index in [-0.39, 0.29) is 29.4 Å². The van der Waals surface area contributed by atoms with Gasteiger partial charge in [0.1, 0.15) is 22.8 Å². The van der Waals surface area contributed by atoms with Crippen LogP contribution in [-0.4, -0.2) is 47.9 Å². The van der Waals surface area contributed by atoms with Crippen molar-refractivity contribution in [2.45, 2.75) is 32.9 Å². The molecular weight excluding hydrogens is 494 g/mol. The van der Waals surface area contributed by atoms with Gasteiger partial charge in [-0.3, -0.25) is 4.79 Å². The van der Waals surface area contributed by atoms with E-state index in [4.69, 9.17) is 0 Å². The summed E-state index contributed by atoms with van der Waals surface area (Å²) < 4.78 is 63.2. The predicted octanol–water partition coefficient (Wildman–Crippen LogP) is 4.45. The largest absolute Gasteiger partial charge is 0.477 e. The number of carboxylic acids is 1. The van der Waals surface area contributed by atoms with Crippen LogP contribution < -0.4 is 20.4 Å². The molecule has 1 aliphatic heterocycles. The fraction of sp³-hybridized carbons (Fsp3) is 0.385. The van der Waals surface area contributed by atoms with Gasteiger partial charge in [-0.25, -0.2) is 13.6 Å². The average Bonchev–Trinajstić information content (AvgIpc) is 3.27. The zero-order valence-corrected chi connectivity index (χ0v) is 20.4. The molecule has 198 valence electrons. The van der Waals surface area contributed by atoms with Gasteiger partial charge in [-0.15, -0.1) is 0 Å². The number of hydrogen-bond donors (Lipinski definition) is 2. The number of pyridine rings is 1. The number of ether oxygens (including phenoxy) is 1. The van der Waals surface area contributed by atoms with Crippen molar-refractivity contribution in [1.82, 2.24) is 9.88 Å². The van der Waals surface area contributed by atoms with E-state index in [0.717, 1.165) is 25.2 Å². The van der Waals surface area contributed by atoms with Crippen LogP contribution in [0.4, 0.5) is 23.2 Å². The van der Waals surface area contributed by atoms with Gasteiger partial charge in [0.15, 0.2) is 5.82 Å². The molecule has 1 atom stereocenters. The van der Waals surface area contributed by atoms with E-state index in [0.29, 0.717) is 32.1 Å². The van der Waals surface area contributed by atoms with Gasteiger partial charge >= 0.3 is 12.1 Å². The third kappa shape index (κ3) is 5.71. The second-order valence-corrected chi connectivity index (χ2v) is 9.18. The Bertz CT molecular complexity index is 1370. The predicted molar refractivity (Wildman–Crippen MR) is 131 cm³/mol. The van der Waals surface area contributed by atoms with Gasteiger partial charge in [-0.1, -0.05) is 19.1 Å². The maximum atomic E-state index is 16.0. The molecule has 2 aromatic carbocycles. The number of rotatable bonds is 9. The first-order valence-corrected chi connectivity index (χ1v) is 11.9. The second kappa shape index (κ2) is 10.4. The second-order valence-electron chi connectivity index (χ2n) is 9.18. The molecule has 0 aliphatic carbocycles. The Kier molecular flexibility index (Phi) is 7.44. The van der Waals surface area contributed by atoms with E-state index in [1.165, 1.54) is 28.8 Å². The Hall–Kier alpha value is -3.60. The van der Waals surface area contributed by atoms with Gasteiger partial charge in [-0.05, 0) is 49.2 Å². The molecule has 4 rings (SSSR count). The molecule has 3 aromatic rings. The Morgan fingerprint density at radius 2 is 1.95 bits per heavy atom. The van der Waals surface area contributed by atoms with Crippen LogP contribution in [0, 0.1) is 17.6 Å². The Balaban J connectivity index is 1.78. The fourth-order valence-electron chi connectivity index (χ4n) is 4.66. The number of aromatic nitrogens is 1. The van der Waals surface area contributed by atoms with Gasteiger partial charge in [0.2, 0.25) is 5.43 Å². The lowest BCUT2D eigenvalue weighted by Gasteiger charge is -2.23. The zero-order chi connectivity index (χ0) is 26.9. The summed E-state index contributed by atoms with van der Waals surface area (Å²) in [6.07, 6.45) is -1.63. The first kappa shape index (κ1) is 26.5. The number of hydrogen-bond acceptors (Lipinski definition) is 5. The van der Waals surface area contributed by atoms with Crippen LogP contribution in [-0.2, 0) is 6.54 Å². The van der Waals surface area contributed by atoms with Crippen molar-refractivity contribution in [2.75, 3.05) is 31.1 Å². The summed E-state index contributed by atoms with van der Waals surface area (Å²) in [6, 6.07) is 6.40. The number of carbonyl (C=O) groups is 1. The lowest BCUT2D eigenvalue weighted by atomic mass is 10.1. The zero-order valence-electron chi connectivity index (χ0n) is 20.4. The van der Waals surface area contributed by atoms with Crippen molar-refractivity contribution < 1.29 is 32.2 Å². The molecule has 0 spiro atoms. The van der Waals surface area contributed by atoms with E-state index >= 15 is 8.78 Å². The summed E-state index contributed by atoms with van der Waals surface area (Å²) in [5, 5.41) is 12.4. The summed E-state index contributed by atoms with van der Waals surface area (Å²) in [5.74, 6) is -3.34. The van der Waals surface area contributed by atoms with E-state index in [2.05, 4.69) is 10.1 Å². The van der Waals surface area contributed by atoms with Crippen LogP contribution >= 0.6 is 0 Å². The van der Waals surface area contributed by atoms with E-state index < -0.39 is 40.1 Å². The van der Waals surface area contributed by atoms with Crippen molar-refractivity contribution in [3.8, 4) is 5.75 Å². The highest BCUT2D eigenvalue weighted by molar-refractivity contribution is 5.94. The van der Waals surface area contributed by atoms with E-state index in [1.54, 1.807) is 4.90 Å². The van der Waals surface area contributed by atoms with Crippen molar-refractivity contribution >= 4 is 22.6 Å². The number of nitrogens with one attached hydrogen (secondary N) is 1. The third-order valence-electron chi connectivity index (χ3n) is 6.32. The molecule has 2 N–H and O–H groups in total. The van der Waals surface area contributed by atoms with Crippen LogP contribution in [0.25, 0.3) is 10.9 Å². The van der Waals surface area contributed by atoms with Crippen molar-refractivity contribution in [2.24, 2.45) is 5.92 Å². The summed E-state index contributed by atoms with van der Waals surface area (Å²) in [5.41, 5.74) is -1.65. The number of halogens is 4. The molecule has 1 unspecified atom stereocenters. The monoisotopic (exact) mass is 521 g/mol. The number of anilines is 1. The minimum Gasteiger partial charge on any atom is -0.477 e. The molecule has 2 heterocycles. The minimum atomic E-state index is -3.38. The van der Waals surface area contributed by atoms with Crippen LogP contribution in [0.5, 0.6) is 5.75 Å². The molecule has 0 amide bonds. The Morgan fingerprint density at radius 3 is 2.57 bits per heavy atom. The molecule has 37 heavy (non-hydrogen) atoms. The fourth-order valence-corrected chi connectivity index (χ4v) is 4.66. The molecule has 1 aromatic heterocycles. The van der Waals surface area contributed by atoms with Crippen LogP contribution in [0.1, 0.15) is 36.2 Å². The highest BCUT2D eigenvalue weighted by Gasteiger charge is 2.30. The number of carboxylic acid groups (broad SMARTS) is 1. The van der Waals surface area contributed by atoms with Crippen LogP contribution in [0.3, 0.4) is 0 Å². The smallest absolute Gasteiger partial charge is 0.394 e. The quantitative estimate of drug-likeness (QED) is 0.405. The van der Waals surface area contributed by atoms with Gasteiger partial charge in [-0.2, -0.15) is 8.78 Å². The van der Waals surface area contributed by atoms with Crippen molar-refractivity contribution in [1.29, 1.82) is 0 Å². The van der Waals surface area contributed by atoms with E-state index in [1.807, 2.05) is 6.92 Å². The summed E-state index contributed by atoms with van der Waals surface area (Å²) in [4.78, 5) is 26.1. The molecule has 1 fully saturated rings. The number of aromatic carboxylic acids is 1. The van der Waals surface area contributed by atoms with Gasteiger partial charge in [0.25, 0.3) is 0 Å². The molecule has 0 saturated carbocycles. The first-order valence-electron chi connectivity index (χ1n) is 11.9. The molecule has 7 nitrogen and oxygen atoms in total. The maximum Gasteiger partial charge on any atom is 0.394 e. The Labute approximate surface area is 210 Å². The van der Waals surface area contributed by atoms with Crippen LogP contribution in [0.2, 0.25) is 0 Å². The molecular formula is C26H27F4N3O4. The number of fused-ring (bicyclic) bond motifs is 1. The van der Waals surface area contributed by atoms with Crippen LogP contribution in [0.15, 0.2) is 41.3 Å². The Morgan fingerprint density at radius 1 is 1.24 bits per heavy atom. The number of benzene rings is 2. The van der Waals surface area contributed by atoms with Gasteiger partial charge in [0, 0.05) is 32.8 Å². The summed E-state index contributed by atoms with van der Waals surface area (Å²) in [6.45, 7) is 4.80. The normalized spacial score (nSPS) is 15.9. The SMILES string of the molecule is CCNCC1CCN(c2c(F)cc3c(=O)c(C(=O)O)cn(Cc4ccc(OC(C)(F)F)cc4)c3c2F)C1. The standard InChI is InChI=1S/C26H27F4N3O4/c1-3-31-11-16-8-9-32(13-16)23-20(27)10-18-22(21(23)28)33(14-19(24(18)34)25(35)36)12-15-4-6-17(7-5-15)37-26(2,29)30/h4-7,10,14,16,31H,3,8-9,11-13H2,1-2H3,(H,35,36). The number of nitrogens with zero attached hydrogens (tertiary/aromatic N) is 2. The van der Waals surface area contributed by atoms with Crippen molar-refractivity contribution in [3.63, 3.8) is 0 Å². The van der Waals surface area contributed by atoms with Gasteiger partial charge in [0.05, 0.1) is 10.9 Å².